The van der Waals surface area contributed by atoms with Gasteiger partial charge in [-0.25, -0.2) is 0 Å². The van der Waals surface area contributed by atoms with Crippen molar-refractivity contribution in [1.29, 1.82) is 0 Å². The van der Waals surface area contributed by atoms with Crippen LogP contribution in [0.2, 0.25) is 5.04 Å². The molecule has 134 valence electrons. The van der Waals surface area contributed by atoms with Gasteiger partial charge in [0.05, 0.1) is 0 Å². The molecule has 1 fully saturated rings. The smallest absolute Gasteiger partial charge is 0.261 e. The van der Waals surface area contributed by atoms with Crippen LogP contribution in [0.3, 0.4) is 0 Å². The number of hydrogen-bond donors (Lipinski definition) is 1. The van der Waals surface area contributed by atoms with Gasteiger partial charge in [0.2, 0.25) is 0 Å². The van der Waals surface area contributed by atoms with Gasteiger partial charge >= 0.3 is 0 Å². The molecule has 0 atom stereocenters. The lowest BCUT2D eigenvalue weighted by molar-refractivity contribution is 0.204. The van der Waals surface area contributed by atoms with Crippen molar-refractivity contribution in [2.45, 2.75) is 38.7 Å². The Bertz CT molecular complexity index is 605. The van der Waals surface area contributed by atoms with Crippen LogP contribution < -0.4 is 15.7 Å². The number of hydrogen-bond acceptors (Lipinski definition) is 2. The molecule has 1 aliphatic rings. The van der Waals surface area contributed by atoms with Gasteiger partial charge in [0.25, 0.3) is 8.32 Å². The molecule has 1 N–H and O–H groups in total. The first kappa shape index (κ1) is 18.4. The Morgan fingerprint density at radius 2 is 1.36 bits per heavy atom. The molecule has 25 heavy (non-hydrogen) atoms. The molecule has 0 aliphatic carbocycles. The second-order valence-electron chi connectivity index (χ2n) is 8.17. The van der Waals surface area contributed by atoms with E-state index in [0.717, 1.165) is 19.7 Å². The highest BCUT2D eigenvalue weighted by molar-refractivity contribution is 6.99. The quantitative estimate of drug-likeness (QED) is 0.830. The zero-order chi connectivity index (χ0) is 17.8. The third-order valence-electron chi connectivity index (χ3n) is 5.41. The normalized spacial score (nSPS) is 16.8. The summed E-state index contributed by atoms with van der Waals surface area (Å²) < 4.78 is 7.02. The summed E-state index contributed by atoms with van der Waals surface area (Å²) in [7, 11) is -2.35. The molecular weight excluding hydrogens is 322 g/mol. The van der Waals surface area contributed by atoms with Crippen LogP contribution in [0.5, 0.6) is 0 Å². The maximum Gasteiger partial charge on any atom is 0.261 e. The van der Waals surface area contributed by atoms with E-state index in [1.165, 1.54) is 23.2 Å². The van der Waals surface area contributed by atoms with Crippen LogP contribution >= 0.6 is 0 Å². The second kappa shape index (κ2) is 7.86. The Balaban J connectivity index is 2.02. The molecule has 0 spiro atoms. The predicted octanol–water partition coefficient (Wildman–Crippen LogP) is 3.56. The summed E-state index contributed by atoms with van der Waals surface area (Å²) >= 11 is 0. The minimum atomic E-state index is -2.35. The fraction of sp³-hybridized carbons (Fsp3) is 0.455. The molecule has 1 aliphatic heterocycles. The van der Waals surface area contributed by atoms with Gasteiger partial charge in [-0.3, -0.25) is 0 Å². The standard InChI is InChI=1S/C22H31NOSi/c1-22(2,3)25(20-10-6-4-7-11-20,21-12-8-5-9-13-21)24-18-19-14-16-23-17-15-19/h4-13,19,23H,14-18H2,1-3H3. The van der Waals surface area contributed by atoms with Crippen LogP contribution in [0.15, 0.2) is 60.7 Å². The van der Waals surface area contributed by atoms with Crippen molar-refractivity contribution in [1.82, 2.24) is 5.32 Å². The summed E-state index contributed by atoms with van der Waals surface area (Å²) in [5.41, 5.74) is 0. The lowest BCUT2D eigenvalue weighted by Crippen LogP contribution is -2.67. The maximum absolute atomic E-state index is 7.02. The number of piperidine rings is 1. The topological polar surface area (TPSA) is 21.3 Å². The lowest BCUT2D eigenvalue weighted by atomic mass is 10.00. The van der Waals surface area contributed by atoms with Crippen LogP contribution in [-0.2, 0) is 4.43 Å². The van der Waals surface area contributed by atoms with Crippen LogP contribution in [0, 0.1) is 5.92 Å². The monoisotopic (exact) mass is 353 g/mol. The van der Waals surface area contributed by atoms with Gasteiger partial charge in [-0.2, -0.15) is 0 Å². The molecule has 1 saturated heterocycles. The van der Waals surface area contributed by atoms with Crippen LogP contribution in [0.25, 0.3) is 0 Å². The summed E-state index contributed by atoms with van der Waals surface area (Å²) in [6.45, 7) is 10.2. The van der Waals surface area contributed by atoms with E-state index < -0.39 is 8.32 Å². The molecule has 0 amide bonds. The van der Waals surface area contributed by atoms with Gasteiger partial charge in [0, 0.05) is 6.61 Å². The Morgan fingerprint density at radius 1 is 0.880 bits per heavy atom. The summed E-state index contributed by atoms with van der Waals surface area (Å²) in [6.07, 6.45) is 2.44. The van der Waals surface area contributed by atoms with Crippen molar-refractivity contribution in [2.24, 2.45) is 5.92 Å². The third-order valence-corrected chi connectivity index (χ3v) is 10.4. The molecular formula is C22H31NOSi. The Hall–Kier alpha value is -1.42. The van der Waals surface area contributed by atoms with E-state index in [2.05, 4.69) is 86.8 Å². The van der Waals surface area contributed by atoms with Crippen molar-refractivity contribution < 1.29 is 4.43 Å². The third kappa shape index (κ3) is 3.89. The number of benzene rings is 2. The zero-order valence-corrected chi connectivity index (χ0v) is 16.8. The fourth-order valence-electron chi connectivity index (χ4n) is 4.05. The van der Waals surface area contributed by atoms with E-state index in [0.29, 0.717) is 5.92 Å². The minimum absolute atomic E-state index is 0.0720. The SMILES string of the molecule is CC(C)(C)[Si](OCC1CCNCC1)(c1ccccc1)c1ccccc1. The van der Waals surface area contributed by atoms with Crippen molar-refractivity contribution in [2.75, 3.05) is 19.7 Å². The zero-order valence-electron chi connectivity index (χ0n) is 15.8. The second-order valence-corrected chi connectivity index (χ2v) is 12.5. The maximum atomic E-state index is 7.02. The average molecular weight is 354 g/mol. The van der Waals surface area contributed by atoms with Crippen LogP contribution in [0.1, 0.15) is 33.6 Å². The van der Waals surface area contributed by atoms with Gasteiger partial charge in [-0.05, 0) is 47.3 Å². The van der Waals surface area contributed by atoms with Crippen molar-refractivity contribution in [3.8, 4) is 0 Å². The average Bonchev–Trinajstić information content (AvgIpc) is 2.64. The van der Waals surface area contributed by atoms with Gasteiger partial charge in [-0.15, -0.1) is 0 Å². The summed E-state index contributed by atoms with van der Waals surface area (Å²) in [6, 6.07) is 21.9. The first-order valence-corrected chi connectivity index (χ1v) is 11.4. The van der Waals surface area contributed by atoms with E-state index in [-0.39, 0.29) is 5.04 Å². The summed E-state index contributed by atoms with van der Waals surface area (Å²) in [5, 5.41) is 6.29. The number of rotatable bonds is 5. The number of nitrogens with one attached hydrogen (secondary N) is 1. The van der Waals surface area contributed by atoms with E-state index in [1.54, 1.807) is 0 Å². The lowest BCUT2D eigenvalue weighted by Gasteiger charge is -2.44. The minimum Gasteiger partial charge on any atom is -0.407 e. The molecule has 0 saturated carbocycles. The van der Waals surface area contributed by atoms with E-state index in [9.17, 15) is 0 Å². The Morgan fingerprint density at radius 3 is 1.80 bits per heavy atom. The molecule has 3 heteroatoms. The Kier molecular flexibility index (Phi) is 5.77. The predicted molar refractivity (Wildman–Crippen MR) is 109 cm³/mol. The van der Waals surface area contributed by atoms with Crippen molar-refractivity contribution in [3.05, 3.63) is 60.7 Å². The molecule has 1 heterocycles. The van der Waals surface area contributed by atoms with Gasteiger partial charge in [-0.1, -0.05) is 81.4 Å². The van der Waals surface area contributed by atoms with E-state index in [4.69, 9.17) is 4.43 Å². The summed E-state index contributed by atoms with van der Waals surface area (Å²) in [4.78, 5) is 0. The molecule has 0 bridgehead atoms. The highest BCUT2D eigenvalue weighted by Gasteiger charge is 2.50. The highest BCUT2D eigenvalue weighted by atomic mass is 28.4. The van der Waals surface area contributed by atoms with Crippen molar-refractivity contribution in [3.63, 3.8) is 0 Å². The van der Waals surface area contributed by atoms with Gasteiger partial charge < -0.3 is 9.74 Å². The molecule has 2 aromatic rings. The fourth-order valence-corrected chi connectivity index (χ4v) is 8.69. The molecule has 0 aromatic heterocycles. The first-order valence-electron chi connectivity index (χ1n) is 9.50. The highest BCUT2D eigenvalue weighted by Crippen LogP contribution is 2.37. The van der Waals surface area contributed by atoms with Gasteiger partial charge in [0.15, 0.2) is 0 Å². The molecule has 0 radical (unpaired) electrons. The summed E-state index contributed by atoms with van der Waals surface area (Å²) in [5.74, 6) is 0.669. The van der Waals surface area contributed by atoms with Crippen LogP contribution in [-0.4, -0.2) is 28.0 Å². The first-order chi connectivity index (χ1) is 12.0. The largest absolute Gasteiger partial charge is 0.407 e. The van der Waals surface area contributed by atoms with Gasteiger partial charge in [0.1, 0.15) is 0 Å². The van der Waals surface area contributed by atoms with Crippen LogP contribution in [0.4, 0.5) is 0 Å². The van der Waals surface area contributed by atoms with E-state index in [1.807, 2.05) is 0 Å². The Labute approximate surface area is 153 Å². The van der Waals surface area contributed by atoms with Crippen molar-refractivity contribution >= 4 is 18.7 Å². The molecule has 0 unspecified atom stereocenters. The van der Waals surface area contributed by atoms with E-state index >= 15 is 0 Å². The molecule has 2 nitrogen and oxygen atoms in total. The molecule has 2 aromatic carbocycles. The molecule has 3 rings (SSSR count).